The second kappa shape index (κ2) is 4.33. The maximum Gasteiger partial charge on any atom is 0.0664 e. The zero-order valence-corrected chi connectivity index (χ0v) is 8.10. The number of thioether (sulfide) groups is 1. The molecule has 0 aliphatic carbocycles. The quantitative estimate of drug-likeness (QED) is 0.671. The van der Waals surface area contributed by atoms with Crippen LogP contribution in [0.4, 0.5) is 0 Å². The summed E-state index contributed by atoms with van der Waals surface area (Å²) in [6, 6.07) is 0.330. The summed E-state index contributed by atoms with van der Waals surface area (Å²) in [5.41, 5.74) is 0. The average molecular weight is 175 g/mol. The number of rotatable bonds is 2. The molecule has 0 aromatic rings. The summed E-state index contributed by atoms with van der Waals surface area (Å²) in [7, 11) is 0. The lowest BCUT2D eigenvalue weighted by Crippen LogP contribution is -2.44. The molecule has 1 N–H and O–H groups in total. The summed E-state index contributed by atoms with van der Waals surface area (Å²) in [4.78, 5) is 2.36. The van der Waals surface area contributed by atoms with Crippen molar-refractivity contribution in [2.75, 3.05) is 24.6 Å². The van der Waals surface area contributed by atoms with Crippen molar-refractivity contribution in [2.45, 2.75) is 26.0 Å². The van der Waals surface area contributed by atoms with Crippen molar-refractivity contribution in [1.82, 2.24) is 4.90 Å². The molecule has 0 aromatic heterocycles. The Morgan fingerprint density at radius 3 is 2.27 bits per heavy atom. The van der Waals surface area contributed by atoms with Gasteiger partial charge in [0.05, 0.1) is 6.10 Å². The van der Waals surface area contributed by atoms with E-state index in [-0.39, 0.29) is 6.10 Å². The first kappa shape index (κ1) is 9.36. The predicted molar refractivity (Wildman–Crippen MR) is 50.0 cm³/mol. The molecule has 0 bridgehead atoms. The SMILES string of the molecule is CC(O)C(C)N1CCSCC1. The highest BCUT2D eigenvalue weighted by Crippen LogP contribution is 2.13. The van der Waals surface area contributed by atoms with Crippen molar-refractivity contribution < 1.29 is 5.11 Å². The maximum absolute atomic E-state index is 9.32. The van der Waals surface area contributed by atoms with E-state index in [2.05, 4.69) is 11.8 Å². The van der Waals surface area contributed by atoms with Crippen molar-refractivity contribution in [3.63, 3.8) is 0 Å². The van der Waals surface area contributed by atoms with Gasteiger partial charge in [0, 0.05) is 30.6 Å². The molecule has 1 aliphatic rings. The van der Waals surface area contributed by atoms with Crippen LogP contribution in [0.3, 0.4) is 0 Å². The van der Waals surface area contributed by atoms with Crippen molar-refractivity contribution in [1.29, 1.82) is 0 Å². The molecule has 3 heteroatoms. The highest BCUT2D eigenvalue weighted by atomic mass is 32.2. The molecule has 1 fully saturated rings. The Balaban J connectivity index is 2.32. The maximum atomic E-state index is 9.32. The van der Waals surface area contributed by atoms with Gasteiger partial charge in [0.1, 0.15) is 0 Å². The van der Waals surface area contributed by atoms with Gasteiger partial charge in [-0.2, -0.15) is 11.8 Å². The third-order valence-corrected chi connectivity index (χ3v) is 3.26. The smallest absolute Gasteiger partial charge is 0.0664 e. The van der Waals surface area contributed by atoms with Crippen molar-refractivity contribution in [3.05, 3.63) is 0 Å². The topological polar surface area (TPSA) is 23.5 Å². The minimum Gasteiger partial charge on any atom is -0.392 e. The zero-order chi connectivity index (χ0) is 8.27. The first-order chi connectivity index (χ1) is 5.22. The van der Waals surface area contributed by atoms with E-state index in [4.69, 9.17) is 0 Å². The zero-order valence-electron chi connectivity index (χ0n) is 7.29. The standard InChI is InChI=1S/C8H17NOS/c1-7(8(2)10)9-3-5-11-6-4-9/h7-8,10H,3-6H2,1-2H3. The molecule has 2 nitrogen and oxygen atoms in total. The Labute approximate surface area is 73.0 Å². The van der Waals surface area contributed by atoms with Crippen LogP contribution in [0.5, 0.6) is 0 Å². The second-order valence-electron chi connectivity index (χ2n) is 3.13. The van der Waals surface area contributed by atoms with Crippen molar-refractivity contribution in [2.24, 2.45) is 0 Å². The molecule has 1 heterocycles. The molecule has 0 amide bonds. The van der Waals surface area contributed by atoms with E-state index in [1.165, 1.54) is 11.5 Å². The fourth-order valence-electron chi connectivity index (χ4n) is 1.29. The number of hydrogen-bond donors (Lipinski definition) is 1. The Morgan fingerprint density at radius 1 is 1.27 bits per heavy atom. The second-order valence-corrected chi connectivity index (χ2v) is 4.35. The molecule has 11 heavy (non-hydrogen) atoms. The summed E-state index contributed by atoms with van der Waals surface area (Å²) in [6.45, 7) is 6.24. The van der Waals surface area contributed by atoms with E-state index in [1.807, 2.05) is 18.7 Å². The van der Waals surface area contributed by atoms with E-state index < -0.39 is 0 Å². The molecular formula is C8H17NOS. The van der Waals surface area contributed by atoms with Crippen LogP contribution >= 0.6 is 11.8 Å². The Morgan fingerprint density at radius 2 is 1.82 bits per heavy atom. The van der Waals surface area contributed by atoms with E-state index in [1.54, 1.807) is 0 Å². The molecule has 66 valence electrons. The number of nitrogens with zero attached hydrogens (tertiary/aromatic N) is 1. The van der Waals surface area contributed by atoms with E-state index in [0.717, 1.165) is 13.1 Å². The first-order valence-electron chi connectivity index (χ1n) is 4.21. The van der Waals surface area contributed by atoms with Gasteiger partial charge in [0.2, 0.25) is 0 Å². The Bertz CT molecular complexity index is 113. The fourth-order valence-corrected chi connectivity index (χ4v) is 2.22. The van der Waals surface area contributed by atoms with Gasteiger partial charge >= 0.3 is 0 Å². The third-order valence-electron chi connectivity index (χ3n) is 2.32. The number of aliphatic hydroxyl groups is 1. The summed E-state index contributed by atoms with van der Waals surface area (Å²) in [5.74, 6) is 2.44. The molecule has 0 saturated carbocycles. The molecule has 1 saturated heterocycles. The molecule has 0 aromatic carbocycles. The van der Waals surface area contributed by atoms with E-state index in [0.29, 0.717) is 6.04 Å². The highest BCUT2D eigenvalue weighted by Gasteiger charge is 2.19. The van der Waals surface area contributed by atoms with Crippen LogP contribution in [-0.4, -0.2) is 46.7 Å². The van der Waals surface area contributed by atoms with Gasteiger partial charge < -0.3 is 5.11 Å². The molecule has 1 rings (SSSR count). The summed E-state index contributed by atoms with van der Waals surface area (Å²) in [6.07, 6.45) is -0.196. The van der Waals surface area contributed by atoms with Crippen LogP contribution in [0.2, 0.25) is 0 Å². The molecular weight excluding hydrogens is 158 g/mol. The monoisotopic (exact) mass is 175 g/mol. The lowest BCUT2D eigenvalue weighted by atomic mass is 10.2. The average Bonchev–Trinajstić information content (AvgIpc) is 2.05. The molecule has 0 radical (unpaired) electrons. The normalized spacial score (nSPS) is 26.5. The summed E-state index contributed by atoms with van der Waals surface area (Å²) in [5, 5.41) is 9.32. The van der Waals surface area contributed by atoms with Crippen LogP contribution in [0.25, 0.3) is 0 Å². The van der Waals surface area contributed by atoms with Crippen LogP contribution in [0.1, 0.15) is 13.8 Å². The third kappa shape index (κ3) is 2.65. The Kier molecular flexibility index (Phi) is 3.69. The minimum absolute atomic E-state index is 0.196. The Hall–Kier alpha value is 0.270. The summed E-state index contributed by atoms with van der Waals surface area (Å²) < 4.78 is 0. The molecule has 2 unspecified atom stereocenters. The largest absolute Gasteiger partial charge is 0.392 e. The van der Waals surface area contributed by atoms with Gasteiger partial charge in [-0.15, -0.1) is 0 Å². The molecule has 0 spiro atoms. The minimum atomic E-state index is -0.196. The van der Waals surface area contributed by atoms with Crippen LogP contribution in [0.15, 0.2) is 0 Å². The van der Waals surface area contributed by atoms with Gasteiger partial charge in [0.25, 0.3) is 0 Å². The van der Waals surface area contributed by atoms with Gasteiger partial charge in [-0.05, 0) is 13.8 Å². The van der Waals surface area contributed by atoms with Crippen LogP contribution in [0, 0.1) is 0 Å². The summed E-state index contributed by atoms with van der Waals surface area (Å²) >= 11 is 2.00. The lowest BCUT2D eigenvalue weighted by Gasteiger charge is -2.33. The first-order valence-corrected chi connectivity index (χ1v) is 5.37. The van der Waals surface area contributed by atoms with Crippen molar-refractivity contribution >= 4 is 11.8 Å². The predicted octanol–water partition coefficient (Wildman–Crippen LogP) is 0.804. The van der Waals surface area contributed by atoms with Gasteiger partial charge in [0.15, 0.2) is 0 Å². The molecule has 1 aliphatic heterocycles. The van der Waals surface area contributed by atoms with E-state index >= 15 is 0 Å². The van der Waals surface area contributed by atoms with Gasteiger partial charge in [-0.25, -0.2) is 0 Å². The number of aliphatic hydroxyl groups excluding tert-OH is 1. The van der Waals surface area contributed by atoms with E-state index in [9.17, 15) is 5.11 Å². The van der Waals surface area contributed by atoms with Crippen LogP contribution < -0.4 is 0 Å². The highest BCUT2D eigenvalue weighted by molar-refractivity contribution is 7.99. The van der Waals surface area contributed by atoms with Gasteiger partial charge in [-0.1, -0.05) is 0 Å². The molecule has 2 atom stereocenters. The van der Waals surface area contributed by atoms with Crippen LogP contribution in [-0.2, 0) is 0 Å². The number of hydrogen-bond acceptors (Lipinski definition) is 3. The van der Waals surface area contributed by atoms with Gasteiger partial charge in [-0.3, -0.25) is 4.90 Å². The lowest BCUT2D eigenvalue weighted by molar-refractivity contribution is 0.0771. The fraction of sp³-hybridized carbons (Fsp3) is 1.00. The van der Waals surface area contributed by atoms with Crippen molar-refractivity contribution in [3.8, 4) is 0 Å².